The molecule has 344 valence electrons. The van der Waals surface area contributed by atoms with Gasteiger partial charge in [-0.15, -0.1) is 0 Å². The number of rotatable bonds is 40. The molecule has 2 amide bonds. The van der Waals surface area contributed by atoms with Gasteiger partial charge in [0.25, 0.3) is 0 Å². The van der Waals surface area contributed by atoms with Crippen LogP contribution in [0.5, 0.6) is 0 Å². The van der Waals surface area contributed by atoms with E-state index in [9.17, 15) is 35.5 Å². The molecule has 0 aliphatic carbocycles. The Balaban J connectivity index is -0.00000105. The molecule has 0 saturated carbocycles. The fourth-order valence-electron chi connectivity index (χ4n) is 6.58. The zero-order valence-corrected chi connectivity index (χ0v) is 42.3. The fraction of sp³-hybridized carbons (Fsp3) is 0.870. The summed E-state index contributed by atoms with van der Waals surface area (Å²) in [4.78, 5) is 27.3. The molecule has 0 spiro atoms. The summed E-state index contributed by atoms with van der Waals surface area (Å²) < 4.78 is 63.2. The average Bonchev–Trinajstić information content (AvgIpc) is 3.17. The number of allylic oxidation sites excluding steroid dienone is 4. The van der Waals surface area contributed by atoms with E-state index in [0.717, 1.165) is 38.5 Å². The zero-order chi connectivity index (χ0) is 43.6. The molecular formula is C46H88CaN2O8S2. The molecule has 0 N–H and O–H groups in total. The first-order valence-corrected chi connectivity index (χ1v) is 26.5. The van der Waals surface area contributed by atoms with E-state index in [1.165, 1.54) is 128 Å². The fourth-order valence-corrected chi connectivity index (χ4v) is 7.70. The second-order valence-electron chi connectivity index (χ2n) is 16.2. The van der Waals surface area contributed by atoms with Crippen LogP contribution in [0.1, 0.15) is 219 Å². The number of carbonyl (C=O) groups excluding carboxylic acids is 2. The summed E-state index contributed by atoms with van der Waals surface area (Å²) in [5.41, 5.74) is 0. The maximum Gasteiger partial charge on any atom is 2.00 e. The van der Waals surface area contributed by atoms with Gasteiger partial charge in [-0.05, 0) is 89.9 Å². The Morgan fingerprint density at radius 2 is 0.661 bits per heavy atom. The van der Waals surface area contributed by atoms with E-state index in [4.69, 9.17) is 0 Å². The van der Waals surface area contributed by atoms with Crippen molar-refractivity contribution in [2.24, 2.45) is 0 Å². The molecule has 0 radical (unpaired) electrons. The molecule has 0 heterocycles. The molecule has 0 bridgehead atoms. The van der Waals surface area contributed by atoms with E-state index in [-0.39, 0.29) is 61.1 Å². The standard InChI is InChI=1S/2C23H45NO4S.Ca/c2*1-3-4-5-6-7-8-9-10-11-12-13-14-15-16-17-20-23(25)24(2)21-18-19-22-29(26,27)28;/h2*10-11H,3-9,12-22H2,1-2H3,(H,26,27,28);/q;;+2/p-2/b2*11-10+;. The number of hydrogen-bond donors (Lipinski definition) is 0. The van der Waals surface area contributed by atoms with Gasteiger partial charge in [-0.3, -0.25) is 9.59 Å². The number of carbonyl (C=O) groups is 2. The molecule has 0 aromatic rings. The van der Waals surface area contributed by atoms with Crippen molar-refractivity contribution in [3.63, 3.8) is 0 Å². The quantitative estimate of drug-likeness (QED) is 0.0255. The normalized spacial score (nSPS) is 11.8. The van der Waals surface area contributed by atoms with E-state index in [1.807, 2.05) is 0 Å². The van der Waals surface area contributed by atoms with Crippen LogP contribution < -0.4 is 0 Å². The first kappa shape index (κ1) is 62.8. The van der Waals surface area contributed by atoms with Crippen molar-refractivity contribution in [1.29, 1.82) is 0 Å². The van der Waals surface area contributed by atoms with Crippen LogP contribution in [-0.2, 0) is 29.8 Å². The van der Waals surface area contributed by atoms with Gasteiger partial charge in [0.1, 0.15) is 0 Å². The number of unbranched alkanes of at least 4 members (excludes halogenated alkanes) is 24. The van der Waals surface area contributed by atoms with Crippen molar-refractivity contribution in [3.8, 4) is 0 Å². The first-order chi connectivity index (χ1) is 27.7. The van der Waals surface area contributed by atoms with Crippen LogP contribution in [0.2, 0.25) is 0 Å². The van der Waals surface area contributed by atoms with E-state index in [0.29, 0.717) is 51.6 Å². The van der Waals surface area contributed by atoms with Gasteiger partial charge < -0.3 is 18.9 Å². The minimum Gasteiger partial charge on any atom is -0.748 e. The van der Waals surface area contributed by atoms with Crippen molar-refractivity contribution in [1.82, 2.24) is 9.80 Å². The minimum absolute atomic E-state index is 0. The summed E-state index contributed by atoms with van der Waals surface area (Å²) in [6, 6.07) is 0. The van der Waals surface area contributed by atoms with Crippen LogP contribution in [0.25, 0.3) is 0 Å². The molecule has 10 nitrogen and oxygen atoms in total. The van der Waals surface area contributed by atoms with E-state index >= 15 is 0 Å². The Kier molecular flexibility index (Phi) is 48.4. The Hall–Kier alpha value is -0.500. The van der Waals surface area contributed by atoms with Crippen molar-refractivity contribution >= 4 is 69.8 Å². The minimum atomic E-state index is -4.14. The van der Waals surface area contributed by atoms with Crippen LogP contribution >= 0.6 is 0 Å². The van der Waals surface area contributed by atoms with Gasteiger partial charge in [-0.25, -0.2) is 16.8 Å². The van der Waals surface area contributed by atoms with Crippen LogP contribution in [0.3, 0.4) is 0 Å². The van der Waals surface area contributed by atoms with Crippen LogP contribution in [0.15, 0.2) is 24.3 Å². The third-order valence-corrected chi connectivity index (χ3v) is 12.0. The molecule has 13 heteroatoms. The molecule has 0 aromatic heterocycles. The summed E-state index contributed by atoms with van der Waals surface area (Å²) in [6.45, 7) is 5.53. The molecule has 0 rings (SSSR count). The van der Waals surface area contributed by atoms with Gasteiger partial charge in [0.05, 0.1) is 20.2 Å². The van der Waals surface area contributed by atoms with Gasteiger partial charge in [0.2, 0.25) is 11.8 Å². The maximum absolute atomic E-state index is 12.0. The van der Waals surface area contributed by atoms with E-state index in [2.05, 4.69) is 38.2 Å². The predicted molar refractivity (Wildman–Crippen MR) is 248 cm³/mol. The number of amides is 2. The molecule has 0 aliphatic rings. The second kappa shape index (κ2) is 45.5. The predicted octanol–water partition coefficient (Wildman–Crippen LogP) is 11.2. The largest absolute Gasteiger partial charge is 2.00 e. The molecule has 0 aromatic carbocycles. The van der Waals surface area contributed by atoms with Crippen LogP contribution in [0, 0.1) is 0 Å². The summed E-state index contributed by atoms with van der Waals surface area (Å²) in [7, 11) is -4.79. The van der Waals surface area contributed by atoms with E-state index in [1.54, 1.807) is 23.9 Å². The molecule has 0 fully saturated rings. The number of nitrogens with zero attached hydrogens (tertiary/aromatic N) is 2. The Morgan fingerprint density at radius 3 is 0.932 bits per heavy atom. The average molecular weight is 901 g/mol. The SMILES string of the molecule is CCCCCCCC/C=C/CCCCCCCC(=O)N(C)CCCCS(=O)(=O)[O-].CCCCCCCC/C=C/CCCCCCCC(=O)N(C)CCCCS(=O)(=O)[O-].[Ca+2]. The third-order valence-electron chi connectivity index (χ3n) is 10.4. The smallest absolute Gasteiger partial charge is 0.748 e. The van der Waals surface area contributed by atoms with Crippen molar-refractivity contribution in [3.05, 3.63) is 24.3 Å². The van der Waals surface area contributed by atoms with Gasteiger partial charge >= 0.3 is 37.7 Å². The summed E-state index contributed by atoms with van der Waals surface area (Å²) in [5.74, 6) is -0.479. The summed E-state index contributed by atoms with van der Waals surface area (Å²) >= 11 is 0. The molecule has 0 unspecified atom stereocenters. The molecular weight excluding hydrogens is 813 g/mol. The van der Waals surface area contributed by atoms with Gasteiger partial charge in [0.15, 0.2) is 0 Å². The third kappa shape index (κ3) is 53.6. The summed E-state index contributed by atoms with van der Waals surface area (Å²) in [6.07, 6.45) is 44.4. The number of hydrogen-bond acceptors (Lipinski definition) is 8. The topological polar surface area (TPSA) is 155 Å². The zero-order valence-electron chi connectivity index (χ0n) is 38.4. The molecule has 0 aliphatic heterocycles. The van der Waals surface area contributed by atoms with Crippen molar-refractivity contribution < 1.29 is 35.5 Å². The molecule has 0 saturated heterocycles. The van der Waals surface area contributed by atoms with Crippen LogP contribution in [0.4, 0.5) is 0 Å². The van der Waals surface area contributed by atoms with E-state index < -0.39 is 20.2 Å². The van der Waals surface area contributed by atoms with Gasteiger partial charge in [-0.1, -0.05) is 141 Å². The van der Waals surface area contributed by atoms with Gasteiger partial charge in [0, 0.05) is 51.5 Å². The Bertz CT molecular complexity index is 1140. The van der Waals surface area contributed by atoms with Crippen molar-refractivity contribution in [2.45, 2.75) is 219 Å². The maximum atomic E-state index is 12.0. The monoisotopic (exact) mass is 901 g/mol. The summed E-state index contributed by atoms with van der Waals surface area (Å²) in [5, 5.41) is 0. The molecule has 59 heavy (non-hydrogen) atoms. The molecule has 0 atom stereocenters. The second-order valence-corrected chi connectivity index (χ2v) is 19.3. The Morgan fingerprint density at radius 1 is 0.407 bits per heavy atom. The first-order valence-electron chi connectivity index (χ1n) is 23.4. The van der Waals surface area contributed by atoms with Crippen LogP contribution in [-0.4, -0.2) is 124 Å². The van der Waals surface area contributed by atoms with Crippen molar-refractivity contribution in [2.75, 3.05) is 38.7 Å². The van der Waals surface area contributed by atoms with Gasteiger partial charge in [-0.2, -0.15) is 0 Å². The Labute approximate surface area is 394 Å².